The van der Waals surface area contributed by atoms with Gasteiger partial charge in [0.1, 0.15) is 5.82 Å². The number of carbonyl (C=O) groups is 3. The summed E-state index contributed by atoms with van der Waals surface area (Å²) >= 11 is 0. The molecular weight excluding hydrogens is 387 g/mol. The Morgan fingerprint density at radius 3 is 2.37 bits per heavy atom. The van der Waals surface area contributed by atoms with E-state index in [4.69, 9.17) is 4.74 Å². The molecule has 30 heavy (non-hydrogen) atoms. The van der Waals surface area contributed by atoms with Gasteiger partial charge in [-0.15, -0.1) is 0 Å². The molecular formula is C23H25FN2O4. The largest absolute Gasteiger partial charge is 0.449 e. The van der Waals surface area contributed by atoms with Crippen LogP contribution in [0.4, 0.5) is 4.39 Å². The van der Waals surface area contributed by atoms with E-state index >= 15 is 0 Å². The fourth-order valence-corrected chi connectivity index (χ4v) is 3.29. The van der Waals surface area contributed by atoms with Crippen molar-refractivity contribution < 1.29 is 23.5 Å². The number of likely N-dealkylation sites (tertiary alicyclic amines) is 1. The SMILES string of the molecule is CC(OC(=O)c1ccc(CN2CCCC2=O)cc1)C(=O)NC(C)c1ccc(F)cc1. The lowest BCUT2D eigenvalue weighted by Gasteiger charge is -2.18. The molecule has 0 spiro atoms. The number of hydrogen-bond acceptors (Lipinski definition) is 4. The second-order valence-corrected chi connectivity index (χ2v) is 7.45. The first kappa shape index (κ1) is 21.5. The molecule has 0 aliphatic carbocycles. The van der Waals surface area contributed by atoms with Gasteiger partial charge in [0.15, 0.2) is 6.10 Å². The highest BCUT2D eigenvalue weighted by Gasteiger charge is 2.22. The second kappa shape index (κ2) is 9.52. The van der Waals surface area contributed by atoms with Gasteiger partial charge in [-0.05, 0) is 55.7 Å². The summed E-state index contributed by atoms with van der Waals surface area (Å²) in [5.74, 6) is -1.24. The molecule has 6 nitrogen and oxygen atoms in total. The van der Waals surface area contributed by atoms with E-state index in [9.17, 15) is 18.8 Å². The second-order valence-electron chi connectivity index (χ2n) is 7.45. The van der Waals surface area contributed by atoms with Gasteiger partial charge in [-0.25, -0.2) is 9.18 Å². The van der Waals surface area contributed by atoms with Crippen LogP contribution in [-0.2, 0) is 20.9 Å². The number of amides is 2. The van der Waals surface area contributed by atoms with E-state index in [1.807, 2.05) is 0 Å². The van der Waals surface area contributed by atoms with Crippen molar-refractivity contribution in [1.29, 1.82) is 0 Å². The molecule has 1 heterocycles. The minimum atomic E-state index is -0.984. The number of esters is 1. The van der Waals surface area contributed by atoms with Crippen molar-refractivity contribution in [2.75, 3.05) is 6.54 Å². The Bertz CT molecular complexity index is 912. The summed E-state index contributed by atoms with van der Waals surface area (Å²) in [6.45, 7) is 4.54. The molecule has 2 amide bonds. The van der Waals surface area contributed by atoms with Crippen molar-refractivity contribution >= 4 is 17.8 Å². The van der Waals surface area contributed by atoms with Gasteiger partial charge < -0.3 is 15.0 Å². The van der Waals surface area contributed by atoms with E-state index in [0.29, 0.717) is 18.5 Å². The topological polar surface area (TPSA) is 75.7 Å². The first-order chi connectivity index (χ1) is 14.3. The van der Waals surface area contributed by atoms with Crippen molar-refractivity contribution in [2.45, 2.75) is 45.4 Å². The van der Waals surface area contributed by atoms with E-state index < -0.39 is 18.0 Å². The number of nitrogens with one attached hydrogen (secondary N) is 1. The average Bonchev–Trinajstić information content (AvgIpc) is 3.13. The van der Waals surface area contributed by atoms with Crippen LogP contribution in [0.3, 0.4) is 0 Å². The van der Waals surface area contributed by atoms with Crippen LogP contribution in [0, 0.1) is 5.82 Å². The highest BCUT2D eigenvalue weighted by Crippen LogP contribution is 2.16. The van der Waals surface area contributed by atoms with E-state index in [-0.39, 0.29) is 17.8 Å². The van der Waals surface area contributed by atoms with E-state index in [0.717, 1.165) is 24.1 Å². The molecule has 7 heteroatoms. The Balaban J connectivity index is 1.52. The number of carbonyl (C=O) groups excluding carboxylic acids is 3. The molecule has 0 aromatic heterocycles. The van der Waals surface area contributed by atoms with Crippen molar-refractivity contribution in [3.05, 3.63) is 71.0 Å². The summed E-state index contributed by atoms with van der Waals surface area (Å²) in [5.41, 5.74) is 2.01. The van der Waals surface area contributed by atoms with Crippen LogP contribution in [0.1, 0.15) is 54.2 Å². The van der Waals surface area contributed by atoms with Gasteiger partial charge in [0.05, 0.1) is 11.6 Å². The summed E-state index contributed by atoms with van der Waals surface area (Å²) in [7, 11) is 0. The van der Waals surface area contributed by atoms with Crippen molar-refractivity contribution in [3.8, 4) is 0 Å². The minimum Gasteiger partial charge on any atom is -0.449 e. The number of nitrogens with zero attached hydrogens (tertiary/aromatic N) is 1. The van der Waals surface area contributed by atoms with Crippen LogP contribution in [0.25, 0.3) is 0 Å². The van der Waals surface area contributed by atoms with E-state index in [1.54, 1.807) is 48.2 Å². The van der Waals surface area contributed by atoms with Gasteiger partial charge in [-0.2, -0.15) is 0 Å². The van der Waals surface area contributed by atoms with Crippen LogP contribution < -0.4 is 5.32 Å². The maximum absolute atomic E-state index is 13.0. The monoisotopic (exact) mass is 412 g/mol. The fraction of sp³-hybridized carbons (Fsp3) is 0.348. The summed E-state index contributed by atoms with van der Waals surface area (Å²) in [6.07, 6.45) is 0.481. The molecule has 0 saturated carbocycles. The summed E-state index contributed by atoms with van der Waals surface area (Å²) in [5, 5.41) is 2.75. The molecule has 2 aromatic carbocycles. The Kier molecular flexibility index (Phi) is 6.82. The van der Waals surface area contributed by atoms with E-state index in [1.165, 1.54) is 19.1 Å². The van der Waals surface area contributed by atoms with Crippen LogP contribution >= 0.6 is 0 Å². The normalized spacial score (nSPS) is 15.6. The quantitative estimate of drug-likeness (QED) is 0.708. The number of benzene rings is 2. The lowest BCUT2D eigenvalue weighted by Crippen LogP contribution is -2.37. The standard InChI is InChI=1S/C23H25FN2O4/c1-15(18-9-11-20(24)12-10-18)25-22(28)16(2)30-23(29)19-7-5-17(6-8-19)14-26-13-3-4-21(26)27/h5-12,15-16H,3-4,13-14H2,1-2H3,(H,25,28). The molecule has 1 aliphatic heterocycles. The van der Waals surface area contributed by atoms with Crippen molar-refractivity contribution in [2.24, 2.45) is 0 Å². The Hall–Kier alpha value is -3.22. The van der Waals surface area contributed by atoms with E-state index in [2.05, 4.69) is 5.32 Å². The molecule has 2 atom stereocenters. The minimum absolute atomic E-state index is 0.146. The summed E-state index contributed by atoms with van der Waals surface area (Å²) in [4.78, 5) is 38.2. The van der Waals surface area contributed by atoms with Crippen LogP contribution in [-0.4, -0.2) is 35.3 Å². The van der Waals surface area contributed by atoms with Gasteiger partial charge >= 0.3 is 5.97 Å². The number of hydrogen-bond donors (Lipinski definition) is 1. The third kappa shape index (κ3) is 5.43. The summed E-state index contributed by atoms with van der Waals surface area (Å²) < 4.78 is 18.3. The Morgan fingerprint density at radius 1 is 1.10 bits per heavy atom. The zero-order valence-corrected chi connectivity index (χ0v) is 17.1. The summed E-state index contributed by atoms with van der Waals surface area (Å²) in [6, 6.07) is 12.3. The third-order valence-electron chi connectivity index (χ3n) is 5.12. The van der Waals surface area contributed by atoms with Gasteiger partial charge in [0.2, 0.25) is 5.91 Å². The molecule has 158 valence electrons. The molecule has 1 aliphatic rings. The predicted octanol–water partition coefficient (Wildman–Crippen LogP) is 3.37. The molecule has 0 radical (unpaired) electrons. The third-order valence-corrected chi connectivity index (χ3v) is 5.12. The molecule has 2 aromatic rings. The smallest absolute Gasteiger partial charge is 0.338 e. The van der Waals surface area contributed by atoms with Gasteiger partial charge in [-0.3, -0.25) is 9.59 Å². The number of rotatable bonds is 7. The van der Waals surface area contributed by atoms with Crippen molar-refractivity contribution in [1.82, 2.24) is 10.2 Å². The highest BCUT2D eigenvalue weighted by atomic mass is 19.1. The molecule has 1 saturated heterocycles. The number of ether oxygens (including phenoxy) is 1. The highest BCUT2D eigenvalue weighted by molar-refractivity contribution is 5.92. The van der Waals surface area contributed by atoms with Crippen molar-refractivity contribution in [3.63, 3.8) is 0 Å². The lowest BCUT2D eigenvalue weighted by molar-refractivity contribution is -0.130. The molecule has 1 N–H and O–H groups in total. The molecule has 3 rings (SSSR count). The maximum Gasteiger partial charge on any atom is 0.338 e. The Morgan fingerprint density at radius 2 is 1.77 bits per heavy atom. The van der Waals surface area contributed by atoms with Crippen LogP contribution in [0.2, 0.25) is 0 Å². The molecule has 0 bridgehead atoms. The zero-order chi connectivity index (χ0) is 21.7. The first-order valence-electron chi connectivity index (χ1n) is 9.97. The predicted molar refractivity (Wildman–Crippen MR) is 109 cm³/mol. The zero-order valence-electron chi connectivity index (χ0n) is 17.1. The number of halogens is 1. The van der Waals surface area contributed by atoms with Gasteiger partial charge in [0.25, 0.3) is 5.91 Å². The first-order valence-corrected chi connectivity index (χ1v) is 9.97. The van der Waals surface area contributed by atoms with Gasteiger partial charge in [0, 0.05) is 19.5 Å². The maximum atomic E-state index is 13.0. The van der Waals surface area contributed by atoms with Crippen LogP contribution in [0.5, 0.6) is 0 Å². The molecule has 2 unspecified atom stereocenters. The van der Waals surface area contributed by atoms with Crippen LogP contribution in [0.15, 0.2) is 48.5 Å². The molecule has 1 fully saturated rings. The Labute approximate surface area is 175 Å². The van der Waals surface area contributed by atoms with Gasteiger partial charge in [-0.1, -0.05) is 24.3 Å². The lowest BCUT2D eigenvalue weighted by atomic mass is 10.1. The average molecular weight is 412 g/mol. The fourth-order valence-electron chi connectivity index (χ4n) is 3.29.